The second-order valence-electron chi connectivity index (χ2n) is 10.1. The fourth-order valence-electron chi connectivity index (χ4n) is 4.98. The zero-order chi connectivity index (χ0) is 26.8. The number of carbonyl (C=O) groups excluding carboxylic acids is 1. The Bertz CT molecular complexity index is 1530. The van der Waals surface area contributed by atoms with E-state index < -0.39 is 0 Å². The zero-order valence-corrected chi connectivity index (χ0v) is 23.6. The van der Waals surface area contributed by atoms with E-state index in [1.165, 1.54) is 4.57 Å². The summed E-state index contributed by atoms with van der Waals surface area (Å²) in [6.07, 6.45) is 5.69. The lowest BCUT2D eigenvalue weighted by molar-refractivity contribution is 0.0970. The number of Topliss-reactive ketones (excluding diaryl/α,β-unsaturated/α-hetero) is 1. The van der Waals surface area contributed by atoms with Crippen LogP contribution in [0.4, 0.5) is 5.82 Å². The van der Waals surface area contributed by atoms with Crippen molar-refractivity contribution in [2.75, 3.05) is 18.0 Å². The summed E-state index contributed by atoms with van der Waals surface area (Å²) in [5.74, 6) is 1.18. The predicted molar refractivity (Wildman–Crippen MR) is 157 cm³/mol. The molecule has 5 rings (SSSR count). The minimum Gasteiger partial charge on any atom is -0.491 e. The second kappa shape index (κ2) is 12.2. The summed E-state index contributed by atoms with van der Waals surface area (Å²) in [7, 11) is 0. The van der Waals surface area contributed by atoms with Crippen molar-refractivity contribution in [2.45, 2.75) is 51.8 Å². The zero-order valence-electron chi connectivity index (χ0n) is 22.0. The van der Waals surface area contributed by atoms with Crippen molar-refractivity contribution < 1.29 is 9.53 Å². The van der Waals surface area contributed by atoms with Crippen LogP contribution >= 0.6 is 24.0 Å². The van der Waals surface area contributed by atoms with E-state index in [2.05, 4.69) is 4.90 Å². The van der Waals surface area contributed by atoms with Gasteiger partial charge in [0, 0.05) is 54.1 Å². The van der Waals surface area contributed by atoms with Gasteiger partial charge in [0.25, 0.3) is 5.56 Å². The van der Waals surface area contributed by atoms with E-state index in [4.69, 9.17) is 27.2 Å². The van der Waals surface area contributed by atoms with Gasteiger partial charge in [0.15, 0.2) is 11.6 Å². The molecule has 1 fully saturated rings. The lowest BCUT2D eigenvalue weighted by atomic mass is 10.0. The third-order valence-corrected chi connectivity index (χ3v) is 7.13. The normalized spacial score (nSPS) is 15.4. The van der Waals surface area contributed by atoms with Crippen LogP contribution in [0.15, 0.2) is 65.7 Å². The molecule has 1 saturated heterocycles. The first-order valence-electron chi connectivity index (χ1n) is 12.9. The molecule has 0 aliphatic carbocycles. The van der Waals surface area contributed by atoms with Gasteiger partial charge in [-0.3, -0.25) is 9.59 Å². The number of anilines is 1. The number of halogens is 2. The number of hydrogen-bond acceptors (Lipinski definition) is 6. The molecule has 0 bridgehead atoms. The van der Waals surface area contributed by atoms with E-state index >= 15 is 0 Å². The van der Waals surface area contributed by atoms with Gasteiger partial charge in [-0.15, -0.1) is 17.5 Å². The second-order valence-corrected chi connectivity index (χ2v) is 10.5. The molecule has 1 aliphatic rings. The Morgan fingerprint density at radius 3 is 2.72 bits per heavy atom. The first kappa shape index (κ1) is 28.7. The number of nitrogens with zero attached hydrogens (tertiary/aromatic N) is 4. The summed E-state index contributed by atoms with van der Waals surface area (Å²) in [4.78, 5) is 29.1. The number of benzene rings is 2. The van der Waals surface area contributed by atoms with Crippen LogP contribution in [0, 0.1) is 0 Å². The largest absolute Gasteiger partial charge is 0.491 e. The van der Waals surface area contributed by atoms with Crippen molar-refractivity contribution in [3.63, 3.8) is 0 Å². The average molecular weight is 571 g/mol. The van der Waals surface area contributed by atoms with Crippen molar-refractivity contribution >= 4 is 41.1 Å². The van der Waals surface area contributed by atoms with Gasteiger partial charge in [-0.1, -0.05) is 41.9 Å². The molecule has 2 N–H and O–H groups in total. The summed E-state index contributed by atoms with van der Waals surface area (Å²) in [6.45, 7) is 5.25. The average Bonchev–Trinajstić information content (AvgIpc) is 3.26. The third kappa shape index (κ3) is 6.30. The van der Waals surface area contributed by atoms with Crippen molar-refractivity contribution in [1.29, 1.82) is 0 Å². The SMILES string of the molecule is CC(C)Oc1cccc(C(=O)Cn2ccn3nc(N4CCC[C@@H](N)C4)c(Cc4ccccc4Cl)c3c2=O)c1.Cl. The molecule has 2 aromatic carbocycles. The van der Waals surface area contributed by atoms with Crippen LogP contribution < -0.4 is 20.9 Å². The van der Waals surface area contributed by atoms with Gasteiger partial charge < -0.3 is 19.9 Å². The maximum atomic E-state index is 13.8. The third-order valence-electron chi connectivity index (χ3n) is 6.76. The first-order chi connectivity index (χ1) is 18.3. The number of rotatable bonds is 8. The molecular weight excluding hydrogens is 537 g/mol. The van der Waals surface area contributed by atoms with E-state index in [1.54, 1.807) is 35.1 Å². The number of ether oxygens (including phenoxy) is 1. The van der Waals surface area contributed by atoms with E-state index in [0.717, 1.165) is 36.3 Å². The maximum absolute atomic E-state index is 13.8. The Labute approximate surface area is 238 Å². The molecule has 0 saturated carbocycles. The Morgan fingerprint density at radius 1 is 1.18 bits per heavy atom. The quantitative estimate of drug-likeness (QED) is 0.307. The molecule has 1 atom stereocenters. The highest BCUT2D eigenvalue weighted by Gasteiger charge is 2.26. The van der Waals surface area contributed by atoms with Crippen molar-refractivity contribution in [3.8, 4) is 5.75 Å². The summed E-state index contributed by atoms with van der Waals surface area (Å²) in [5.41, 5.74) is 8.61. The lowest BCUT2D eigenvalue weighted by Crippen LogP contribution is -2.43. The summed E-state index contributed by atoms with van der Waals surface area (Å²) < 4.78 is 8.78. The van der Waals surface area contributed by atoms with Crippen molar-refractivity contribution in [2.24, 2.45) is 5.73 Å². The van der Waals surface area contributed by atoms with Crippen LogP contribution in [0.5, 0.6) is 5.75 Å². The Morgan fingerprint density at radius 2 is 1.97 bits per heavy atom. The van der Waals surface area contributed by atoms with Gasteiger partial charge in [-0.05, 0) is 50.5 Å². The standard InChI is InChI=1S/C29H32ClN5O3.ClH/c1-19(2)38-23-10-5-8-21(15-23)26(36)18-34-13-14-35-27(29(34)37)24(16-20-7-3-4-11-25(20)30)28(32-35)33-12-6-9-22(31)17-33;/h3-5,7-8,10-11,13-15,19,22H,6,9,12,16-18,31H2,1-2H3;1H/t22-;/m1./s1. The number of fused-ring (bicyclic) bond motifs is 1. The topological polar surface area (TPSA) is 94.9 Å². The van der Waals surface area contributed by atoms with E-state index in [-0.39, 0.29) is 42.4 Å². The molecule has 8 nitrogen and oxygen atoms in total. The molecule has 4 aromatic rings. The van der Waals surface area contributed by atoms with Crippen LogP contribution in [0.25, 0.3) is 5.52 Å². The first-order valence-corrected chi connectivity index (χ1v) is 13.3. The van der Waals surface area contributed by atoms with Gasteiger partial charge in [-0.2, -0.15) is 0 Å². The van der Waals surface area contributed by atoms with Crippen LogP contribution in [-0.4, -0.2) is 45.2 Å². The smallest absolute Gasteiger partial charge is 0.277 e. The molecule has 10 heteroatoms. The van der Waals surface area contributed by atoms with E-state index in [9.17, 15) is 9.59 Å². The number of aromatic nitrogens is 3. The molecule has 0 amide bonds. The molecule has 2 aromatic heterocycles. The van der Waals surface area contributed by atoms with Gasteiger partial charge in [0.05, 0.1) is 12.6 Å². The van der Waals surface area contributed by atoms with E-state index in [0.29, 0.717) is 34.8 Å². The number of ketones is 1. The summed E-state index contributed by atoms with van der Waals surface area (Å²) in [6, 6.07) is 14.7. The fourth-order valence-corrected chi connectivity index (χ4v) is 5.18. The monoisotopic (exact) mass is 569 g/mol. The van der Waals surface area contributed by atoms with Gasteiger partial charge in [-0.25, -0.2) is 4.52 Å². The highest BCUT2D eigenvalue weighted by molar-refractivity contribution is 6.31. The highest BCUT2D eigenvalue weighted by Crippen LogP contribution is 2.29. The maximum Gasteiger partial charge on any atom is 0.277 e. The Hall–Kier alpha value is -3.33. The van der Waals surface area contributed by atoms with Crippen LogP contribution in [0.2, 0.25) is 5.02 Å². The molecule has 206 valence electrons. The van der Waals surface area contributed by atoms with Gasteiger partial charge in [0.2, 0.25) is 0 Å². The van der Waals surface area contributed by atoms with Crippen molar-refractivity contribution in [1.82, 2.24) is 14.2 Å². The molecule has 39 heavy (non-hydrogen) atoms. The minimum absolute atomic E-state index is 0. The lowest BCUT2D eigenvalue weighted by Gasteiger charge is -2.31. The molecule has 0 spiro atoms. The minimum atomic E-state index is -0.280. The molecule has 3 heterocycles. The Balaban J connectivity index is 0.00000353. The molecule has 0 radical (unpaired) electrons. The molecule has 1 aliphatic heterocycles. The highest BCUT2D eigenvalue weighted by atomic mass is 35.5. The summed E-state index contributed by atoms with van der Waals surface area (Å²) in [5, 5.41) is 5.43. The van der Waals surface area contributed by atoms with Crippen LogP contribution in [-0.2, 0) is 13.0 Å². The van der Waals surface area contributed by atoms with Gasteiger partial charge >= 0.3 is 0 Å². The van der Waals surface area contributed by atoms with Gasteiger partial charge in [0.1, 0.15) is 11.3 Å². The van der Waals surface area contributed by atoms with E-state index in [1.807, 2.05) is 44.2 Å². The molecule has 0 unspecified atom stereocenters. The fraction of sp³-hybridized carbons (Fsp3) is 0.345. The number of nitrogens with two attached hydrogens (primary N) is 1. The number of hydrogen-bond donors (Lipinski definition) is 1. The number of piperidine rings is 1. The Kier molecular flexibility index (Phi) is 9.00. The van der Waals surface area contributed by atoms with Crippen molar-refractivity contribution in [3.05, 3.63) is 93.0 Å². The summed E-state index contributed by atoms with van der Waals surface area (Å²) >= 11 is 6.51. The molecular formula is C29H33Cl2N5O3. The van der Waals surface area contributed by atoms with Crippen LogP contribution in [0.1, 0.15) is 48.2 Å². The predicted octanol–water partition coefficient (Wildman–Crippen LogP) is 4.76. The number of carbonyl (C=O) groups is 1. The van der Waals surface area contributed by atoms with Crippen LogP contribution in [0.3, 0.4) is 0 Å².